The number of aromatic nitrogens is 1. The molecule has 1 aromatic rings. The third-order valence-corrected chi connectivity index (χ3v) is 3.68. The van der Waals surface area contributed by atoms with E-state index in [1.165, 1.54) is 2.88 Å². The number of thiazole rings is 1. The molecule has 4 heteroatoms. The number of rotatable bonds is 1. The van der Waals surface area contributed by atoms with Crippen LogP contribution in [0.1, 0.15) is 23.8 Å². The number of hydrogen-bond acceptors (Lipinski definition) is 3. The lowest BCUT2D eigenvalue weighted by atomic mass is 9.85. The van der Waals surface area contributed by atoms with E-state index in [1.807, 2.05) is 6.20 Å². The van der Waals surface area contributed by atoms with Crippen LogP contribution in [-0.4, -0.2) is 10.8 Å². The Hall–Kier alpha value is 0.0300. The van der Waals surface area contributed by atoms with Gasteiger partial charge in [-0.25, -0.2) is 4.98 Å². The standard InChI is InChI=1S/C7H6INOS/c8-6-3-9-7(11-6)4-1-5(10)2-4/h3-4H,1-2H2. The van der Waals surface area contributed by atoms with E-state index in [4.69, 9.17) is 0 Å². The molecule has 0 bridgehead atoms. The summed E-state index contributed by atoms with van der Waals surface area (Å²) in [6, 6.07) is 0. The lowest BCUT2D eigenvalue weighted by molar-refractivity contribution is -0.124. The Labute approximate surface area is 82.2 Å². The molecular weight excluding hydrogens is 273 g/mol. The zero-order valence-electron chi connectivity index (χ0n) is 5.71. The van der Waals surface area contributed by atoms with Crippen molar-refractivity contribution in [3.05, 3.63) is 14.1 Å². The first-order valence-corrected chi connectivity index (χ1v) is 5.28. The summed E-state index contributed by atoms with van der Waals surface area (Å²) in [6.45, 7) is 0. The van der Waals surface area contributed by atoms with Gasteiger partial charge in [-0.3, -0.25) is 4.79 Å². The van der Waals surface area contributed by atoms with E-state index in [9.17, 15) is 4.79 Å². The second-order valence-electron chi connectivity index (χ2n) is 2.65. The van der Waals surface area contributed by atoms with E-state index in [1.54, 1.807) is 11.3 Å². The Morgan fingerprint density at radius 2 is 2.36 bits per heavy atom. The smallest absolute Gasteiger partial charge is 0.134 e. The van der Waals surface area contributed by atoms with E-state index in [0.29, 0.717) is 24.5 Å². The Morgan fingerprint density at radius 1 is 1.64 bits per heavy atom. The largest absolute Gasteiger partial charge is 0.300 e. The second kappa shape index (κ2) is 2.82. The predicted octanol–water partition coefficient (Wildman–Crippen LogP) is 2.19. The predicted molar refractivity (Wildman–Crippen MR) is 51.8 cm³/mol. The minimum Gasteiger partial charge on any atom is -0.300 e. The van der Waals surface area contributed by atoms with Gasteiger partial charge in [0.05, 0.1) is 14.1 Å². The minimum absolute atomic E-state index is 0.375. The Morgan fingerprint density at radius 3 is 2.82 bits per heavy atom. The van der Waals surface area contributed by atoms with Gasteiger partial charge in [-0.15, -0.1) is 11.3 Å². The van der Waals surface area contributed by atoms with E-state index >= 15 is 0 Å². The van der Waals surface area contributed by atoms with Crippen LogP contribution in [0.15, 0.2) is 6.20 Å². The van der Waals surface area contributed by atoms with Crippen molar-refractivity contribution in [1.29, 1.82) is 0 Å². The maximum atomic E-state index is 10.7. The summed E-state index contributed by atoms with van der Waals surface area (Å²) in [5.41, 5.74) is 0. The average Bonchev–Trinajstić information content (AvgIpc) is 2.29. The van der Waals surface area contributed by atoms with Gasteiger partial charge < -0.3 is 0 Å². The SMILES string of the molecule is O=C1CC(c2ncc(I)s2)C1. The first-order chi connectivity index (χ1) is 5.25. The molecule has 0 radical (unpaired) electrons. The summed E-state index contributed by atoms with van der Waals surface area (Å²) in [5.74, 6) is 0.816. The maximum absolute atomic E-state index is 10.7. The van der Waals surface area contributed by atoms with Crippen LogP contribution in [0.4, 0.5) is 0 Å². The molecule has 0 aromatic carbocycles. The van der Waals surface area contributed by atoms with Crippen molar-refractivity contribution < 1.29 is 4.79 Å². The first-order valence-electron chi connectivity index (χ1n) is 3.38. The van der Waals surface area contributed by atoms with Crippen molar-refractivity contribution in [3.8, 4) is 0 Å². The lowest BCUT2D eigenvalue weighted by Crippen LogP contribution is -2.20. The van der Waals surface area contributed by atoms with Gasteiger partial charge in [-0.2, -0.15) is 0 Å². The monoisotopic (exact) mass is 279 g/mol. The molecule has 11 heavy (non-hydrogen) atoms. The molecular formula is C7H6INOS. The van der Waals surface area contributed by atoms with Crippen molar-refractivity contribution in [2.24, 2.45) is 0 Å². The van der Waals surface area contributed by atoms with E-state index in [2.05, 4.69) is 27.6 Å². The van der Waals surface area contributed by atoms with Crippen molar-refractivity contribution >= 4 is 39.7 Å². The van der Waals surface area contributed by atoms with E-state index in [0.717, 1.165) is 5.01 Å². The number of halogens is 1. The van der Waals surface area contributed by atoms with Crippen molar-refractivity contribution in [3.63, 3.8) is 0 Å². The molecule has 58 valence electrons. The second-order valence-corrected chi connectivity index (χ2v) is 5.60. The highest BCUT2D eigenvalue weighted by molar-refractivity contribution is 14.1. The molecule has 0 spiro atoms. The van der Waals surface area contributed by atoms with Crippen LogP contribution < -0.4 is 0 Å². The van der Waals surface area contributed by atoms with Gasteiger partial charge in [-0.1, -0.05) is 0 Å². The minimum atomic E-state index is 0.375. The molecule has 0 atom stereocenters. The molecule has 0 saturated heterocycles. The summed E-state index contributed by atoms with van der Waals surface area (Å²) < 4.78 is 1.21. The molecule has 0 amide bonds. The topological polar surface area (TPSA) is 30.0 Å². The fourth-order valence-corrected chi connectivity index (χ4v) is 2.68. The fraction of sp³-hybridized carbons (Fsp3) is 0.429. The van der Waals surface area contributed by atoms with Gasteiger partial charge >= 0.3 is 0 Å². The molecule has 1 aliphatic rings. The third kappa shape index (κ3) is 1.46. The number of ketones is 1. The normalized spacial score (nSPS) is 18.5. The van der Waals surface area contributed by atoms with Crippen LogP contribution in [-0.2, 0) is 4.79 Å². The van der Waals surface area contributed by atoms with Crippen LogP contribution in [0.5, 0.6) is 0 Å². The quantitative estimate of drug-likeness (QED) is 0.738. The molecule has 2 rings (SSSR count). The van der Waals surface area contributed by atoms with Gasteiger partial charge in [0.25, 0.3) is 0 Å². The van der Waals surface area contributed by atoms with Crippen LogP contribution >= 0.6 is 33.9 Å². The van der Waals surface area contributed by atoms with Gasteiger partial charge in [-0.05, 0) is 22.6 Å². The maximum Gasteiger partial charge on any atom is 0.134 e. The highest BCUT2D eigenvalue weighted by Gasteiger charge is 2.29. The zero-order chi connectivity index (χ0) is 7.84. The van der Waals surface area contributed by atoms with Crippen molar-refractivity contribution in [2.45, 2.75) is 18.8 Å². The Balaban J connectivity index is 2.12. The number of Topliss-reactive ketones (excluding diaryl/α,β-unsaturated/α-hetero) is 1. The van der Waals surface area contributed by atoms with Crippen LogP contribution in [0.25, 0.3) is 0 Å². The van der Waals surface area contributed by atoms with Crippen molar-refractivity contribution in [2.75, 3.05) is 0 Å². The average molecular weight is 279 g/mol. The van der Waals surface area contributed by atoms with Gasteiger partial charge in [0.2, 0.25) is 0 Å². The molecule has 0 aliphatic heterocycles. The molecule has 2 nitrogen and oxygen atoms in total. The lowest BCUT2D eigenvalue weighted by Gasteiger charge is -2.20. The molecule has 1 heterocycles. The first kappa shape index (κ1) is 7.67. The molecule has 1 saturated carbocycles. The highest BCUT2D eigenvalue weighted by atomic mass is 127. The Bertz CT molecular complexity index is 288. The van der Waals surface area contributed by atoms with Crippen LogP contribution in [0, 0.1) is 2.88 Å². The summed E-state index contributed by atoms with van der Waals surface area (Å²) >= 11 is 3.95. The molecule has 1 fully saturated rings. The van der Waals surface area contributed by atoms with Gasteiger partial charge in [0.15, 0.2) is 0 Å². The van der Waals surface area contributed by atoms with E-state index < -0.39 is 0 Å². The molecule has 1 aliphatic carbocycles. The highest BCUT2D eigenvalue weighted by Crippen LogP contribution is 2.35. The van der Waals surface area contributed by atoms with Gasteiger partial charge in [0.1, 0.15) is 5.78 Å². The summed E-state index contributed by atoms with van der Waals surface area (Å²) in [5, 5.41) is 1.13. The number of hydrogen-bond donors (Lipinski definition) is 0. The molecule has 0 unspecified atom stereocenters. The number of carbonyl (C=O) groups is 1. The molecule has 0 N–H and O–H groups in total. The zero-order valence-corrected chi connectivity index (χ0v) is 8.68. The van der Waals surface area contributed by atoms with Crippen LogP contribution in [0.2, 0.25) is 0 Å². The van der Waals surface area contributed by atoms with Crippen LogP contribution in [0.3, 0.4) is 0 Å². The van der Waals surface area contributed by atoms with Gasteiger partial charge in [0, 0.05) is 18.8 Å². The third-order valence-electron chi connectivity index (χ3n) is 1.79. The van der Waals surface area contributed by atoms with E-state index in [-0.39, 0.29) is 0 Å². The number of carbonyl (C=O) groups excluding carboxylic acids is 1. The fourth-order valence-electron chi connectivity index (χ4n) is 1.12. The summed E-state index contributed by atoms with van der Waals surface area (Å²) in [7, 11) is 0. The Kier molecular flexibility index (Phi) is 1.97. The van der Waals surface area contributed by atoms with Crippen molar-refractivity contribution in [1.82, 2.24) is 4.98 Å². The molecule has 1 aromatic heterocycles. The number of nitrogens with zero attached hydrogens (tertiary/aromatic N) is 1. The summed E-state index contributed by atoms with van der Waals surface area (Å²) in [4.78, 5) is 14.9. The summed E-state index contributed by atoms with van der Waals surface area (Å²) in [6.07, 6.45) is 3.29.